The van der Waals surface area contributed by atoms with E-state index in [4.69, 9.17) is 0 Å². The molecular weight excluding hydrogens is 623 g/mol. The summed E-state index contributed by atoms with van der Waals surface area (Å²) in [5.41, 5.74) is 15.8. The molecule has 2 heterocycles. The molecular formula is C48H35NS. The molecule has 238 valence electrons. The van der Waals surface area contributed by atoms with Crippen molar-refractivity contribution in [2.75, 3.05) is 0 Å². The Morgan fingerprint density at radius 3 is 2.40 bits per heavy atom. The van der Waals surface area contributed by atoms with E-state index in [-0.39, 0.29) is 5.92 Å². The van der Waals surface area contributed by atoms with Crippen molar-refractivity contribution in [3.8, 4) is 16.9 Å². The minimum absolute atomic E-state index is 0.258. The lowest BCUT2D eigenvalue weighted by atomic mass is 9.78. The number of nitrogens with zero attached hydrogens (tertiary/aromatic N) is 1. The van der Waals surface area contributed by atoms with Crippen LogP contribution in [0.2, 0.25) is 0 Å². The molecule has 0 bridgehead atoms. The first-order valence-corrected chi connectivity index (χ1v) is 18.8. The zero-order valence-electron chi connectivity index (χ0n) is 27.8. The highest BCUT2D eigenvalue weighted by Crippen LogP contribution is 2.55. The van der Waals surface area contributed by atoms with Gasteiger partial charge in [-0.2, -0.15) is 0 Å². The SMILES string of the molecule is C1=CC2=C(CC1)c1cc(C3Cc4sc5ccccc5c4-c4c3c3ccccc3n4-c3cccc4ccccc34)ccc1C2Cc1ccccc1. The Morgan fingerprint density at radius 1 is 0.700 bits per heavy atom. The number of hydrogen-bond acceptors (Lipinski definition) is 1. The summed E-state index contributed by atoms with van der Waals surface area (Å²) in [6.07, 6.45) is 9.15. The van der Waals surface area contributed by atoms with E-state index in [1.165, 1.54) is 87.0 Å². The van der Waals surface area contributed by atoms with Gasteiger partial charge in [0, 0.05) is 43.1 Å². The first-order chi connectivity index (χ1) is 24.8. The number of benzene rings is 6. The Kier molecular flexibility index (Phi) is 6.27. The van der Waals surface area contributed by atoms with E-state index in [2.05, 4.69) is 156 Å². The van der Waals surface area contributed by atoms with Crippen LogP contribution in [0.15, 0.2) is 157 Å². The fourth-order valence-electron chi connectivity index (χ4n) is 9.48. The molecule has 3 aliphatic carbocycles. The highest BCUT2D eigenvalue weighted by atomic mass is 32.1. The third-order valence-corrected chi connectivity index (χ3v) is 12.8. The van der Waals surface area contributed by atoms with E-state index >= 15 is 0 Å². The second kappa shape index (κ2) is 11.0. The summed E-state index contributed by atoms with van der Waals surface area (Å²) in [5.74, 6) is 0.672. The van der Waals surface area contributed by atoms with Gasteiger partial charge in [0.05, 0.1) is 16.9 Å². The lowest BCUT2D eigenvalue weighted by Crippen LogP contribution is -2.13. The van der Waals surface area contributed by atoms with Gasteiger partial charge in [0.15, 0.2) is 0 Å². The number of thiophene rings is 1. The van der Waals surface area contributed by atoms with Crippen molar-refractivity contribution < 1.29 is 0 Å². The standard InChI is InChI=1S/C48H35NS/c1-2-13-30(14-3-1)27-40-34-18-6-7-19-35(34)41-28-32(25-26-36(40)41)39-29-45-47(38-21-9-11-24-44(38)50-45)48-46(39)37-20-8-10-22-43(37)49(48)42-23-12-16-31-15-4-5-17-33(31)42/h1-6,8-18,20-26,28,39-40H,7,19,27,29H2. The number of fused-ring (bicyclic) bond motifs is 10. The highest BCUT2D eigenvalue weighted by molar-refractivity contribution is 7.19. The molecule has 6 aromatic carbocycles. The molecule has 0 fully saturated rings. The molecule has 0 amide bonds. The van der Waals surface area contributed by atoms with Crippen molar-refractivity contribution in [2.24, 2.45) is 0 Å². The molecule has 11 rings (SSSR count). The van der Waals surface area contributed by atoms with Gasteiger partial charge in [-0.1, -0.05) is 133 Å². The molecule has 0 aliphatic heterocycles. The number of hydrogen-bond donors (Lipinski definition) is 0. The monoisotopic (exact) mass is 657 g/mol. The zero-order valence-corrected chi connectivity index (χ0v) is 28.6. The van der Waals surface area contributed by atoms with Crippen molar-refractivity contribution in [3.63, 3.8) is 0 Å². The Balaban J connectivity index is 1.17. The van der Waals surface area contributed by atoms with E-state index in [0.717, 1.165) is 25.7 Å². The molecule has 0 saturated carbocycles. The number of aromatic nitrogens is 1. The van der Waals surface area contributed by atoms with Gasteiger partial charge in [0.1, 0.15) is 0 Å². The van der Waals surface area contributed by atoms with Crippen LogP contribution in [0, 0.1) is 0 Å². The van der Waals surface area contributed by atoms with Crippen LogP contribution in [-0.4, -0.2) is 4.57 Å². The van der Waals surface area contributed by atoms with E-state index in [0.29, 0.717) is 5.92 Å². The zero-order chi connectivity index (χ0) is 32.8. The molecule has 8 aromatic rings. The first kappa shape index (κ1) is 28.4. The van der Waals surface area contributed by atoms with Crippen LogP contribution < -0.4 is 0 Å². The van der Waals surface area contributed by atoms with E-state index < -0.39 is 0 Å². The summed E-state index contributed by atoms with van der Waals surface area (Å²) < 4.78 is 3.98. The van der Waals surface area contributed by atoms with Crippen molar-refractivity contribution in [3.05, 3.63) is 190 Å². The van der Waals surface area contributed by atoms with Gasteiger partial charge in [-0.05, 0) is 88.2 Å². The third kappa shape index (κ3) is 4.12. The maximum Gasteiger partial charge on any atom is 0.0597 e. The van der Waals surface area contributed by atoms with Gasteiger partial charge in [0.25, 0.3) is 0 Å². The van der Waals surface area contributed by atoms with Crippen molar-refractivity contribution >= 4 is 48.7 Å². The number of allylic oxidation sites excluding steroid dienone is 4. The fourth-order valence-corrected chi connectivity index (χ4v) is 10.7. The van der Waals surface area contributed by atoms with Gasteiger partial charge in [-0.15, -0.1) is 11.3 Å². The summed E-state index contributed by atoms with van der Waals surface area (Å²) in [6.45, 7) is 0. The van der Waals surface area contributed by atoms with Gasteiger partial charge < -0.3 is 4.57 Å². The average molecular weight is 658 g/mol. The Labute approximate surface area is 296 Å². The number of rotatable bonds is 4. The van der Waals surface area contributed by atoms with E-state index in [9.17, 15) is 0 Å². The largest absolute Gasteiger partial charge is 0.308 e. The average Bonchev–Trinajstić information content (AvgIpc) is 3.82. The quantitative estimate of drug-likeness (QED) is 0.177. The Hall–Kier alpha value is -5.44. The van der Waals surface area contributed by atoms with Gasteiger partial charge in [0.2, 0.25) is 0 Å². The molecule has 50 heavy (non-hydrogen) atoms. The minimum Gasteiger partial charge on any atom is -0.308 e. The van der Waals surface area contributed by atoms with Crippen LogP contribution in [0.25, 0.3) is 54.3 Å². The topological polar surface area (TPSA) is 4.93 Å². The van der Waals surface area contributed by atoms with Crippen molar-refractivity contribution in [1.82, 2.24) is 4.57 Å². The van der Waals surface area contributed by atoms with Crippen LogP contribution in [0.1, 0.15) is 57.4 Å². The number of para-hydroxylation sites is 1. The third-order valence-electron chi connectivity index (χ3n) is 11.6. The van der Waals surface area contributed by atoms with Crippen LogP contribution in [0.3, 0.4) is 0 Å². The van der Waals surface area contributed by atoms with E-state index in [1.54, 1.807) is 5.57 Å². The molecule has 2 unspecified atom stereocenters. The van der Waals surface area contributed by atoms with Crippen LogP contribution >= 0.6 is 11.3 Å². The van der Waals surface area contributed by atoms with Crippen LogP contribution in [0.4, 0.5) is 0 Å². The van der Waals surface area contributed by atoms with Gasteiger partial charge >= 0.3 is 0 Å². The van der Waals surface area contributed by atoms with Gasteiger partial charge in [-0.3, -0.25) is 0 Å². The van der Waals surface area contributed by atoms with Crippen LogP contribution in [0.5, 0.6) is 0 Å². The van der Waals surface area contributed by atoms with Gasteiger partial charge in [-0.25, -0.2) is 0 Å². The summed E-state index contributed by atoms with van der Waals surface area (Å²) >= 11 is 1.99. The molecule has 0 saturated heterocycles. The normalized spacial score (nSPS) is 17.7. The molecule has 2 atom stereocenters. The molecule has 0 N–H and O–H groups in total. The summed E-state index contributed by atoms with van der Waals surface area (Å²) in [6, 6.07) is 52.5. The lowest BCUT2D eigenvalue weighted by Gasteiger charge is -2.27. The lowest BCUT2D eigenvalue weighted by molar-refractivity contribution is 0.798. The maximum atomic E-state index is 2.60. The first-order valence-electron chi connectivity index (χ1n) is 18.0. The minimum atomic E-state index is 0.258. The molecule has 3 aliphatic rings. The molecule has 2 aromatic heterocycles. The van der Waals surface area contributed by atoms with Crippen LogP contribution in [-0.2, 0) is 12.8 Å². The van der Waals surface area contributed by atoms with Crippen molar-refractivity contribution in [1.29, 1.82) is 0 Å². The predicted octanol–water partition coefficient (Wildman–Crippen LogP) is 12.8. The van der Waals surface area contributed by atoms with Crippen molar-refractivity contribution in [2.45, 2.75) is 37.5 Å². The fraction of sp³-hybridized carbons (Fsp3) is 0.125. The maximum absolute atomic E-state index is 2.60. The molecule has 1 nitrogen and oxygen atoms in total. The summed E-state index contributed by atoms with van der Waals surface area (Å²) in [5, 5.41) is 5.30. The summed E-state index contributed by atoms with van der Waals surface area (Å²) in [7, 11) is 0. The molecule has 0 spiro atoms. The smallest absolute Gasteiger partial charge is 0.0597 e. The second-order valence-corrected chi connectivity index (χ2v) is 15.4. The predicted molar refractivity (Wildman–Crippen MR) is 212 cm³/mol. The second-order valence-electron chi connectivity index (χ2n) is 14.2. The molecule has 2 heteroatoms. The summed E-state index contributed by atoms with van der Waals surface area (Å²) in [4.78, 5) is 1.50. The Morgan fingerprint density at radius 2 is 1.48 bits per heavy atom. The van der Waals surface area contributed by atoms with E-state index in [1.807, 2.05) is 11.3 Å². The Bertz CT molecular complexity index is 2710. The molecule has 0 radical (unpaired) electrons. The highest BCUT2D eigenvalue weighted by Gasteiger charge is 2.37.